The van der Waals surface area contributed by atoms with E-state index in [1.807, 2.05) is 12.1 Å². The third kappa shape index (κ3) is 9.16. The number of halogens is 6. The molecule has 12 nitrogen and oxygen atoms in total. The summed E-state index contributed by atoms with van der Waals surface area (Å²) in [5.41, 5.74) is 0. The van der Waals surface area contributed by atoms with Gasteiger partial charge in [0, 0.05) is 50.6 Å². The first-order valence-electron chi connectivity index (χ1n) is 10.6. The maximum Gasteiger partial charge on any atom is 0.490 e. The van der Waals surface area contributed by atoms with E-state index in [4.69, 9.17) is 29.3 Å². The van der Waals surface area contributed by atoms with Gasteiger partial charge in [0.25, 0.3) is 0 Å². The standard InChI is InChI=1S/C16H20N6O2.2C2HF3O2/c1-23-15-7-14(19-11-20-15)22-9-12-8-21(5-6-24-13(12)10-22)16-17-3-2-4-18-16;2*3-2(4,5)1(6)7/h2-4,7,11-13H,5-6,8-10H2,1H3;2*(H,6,7)/t12-,13+;;/m0../s1. The molecule has 38 heavy (non-hydrogen) atoms. The van der Waals surface area contributed by atoms with Gasteiger partial charge in [-0.1, -0.05) is 0 Å². The zero-order valence-electron chi connectivity index (χ0n) is 19.6. The van der Waals surface area contributed by atoms with E-state index in [1.165, 1.54) is 6.33 Å². The van der Waals surface area contributed by atoms with Crippen LogP contribution >= 0.6 is 0 Å². The number of rotatable bonds is 3. The molecule has 2 aliphatic rings. The fraction of sp³-hybridized carbons (Fsp3) is 0.500. The molecule has 0 bridgehead atoms. The first kappa shape index (κ1) is 30.3. The number of aromatic nitrogens is 4. The second-order valence-corrected chi connectivity index (χ2v) is 7.59. The Morgan fingerprint density at radius 1 is 0.947 bits per heavy atom. The molecule has 2 aromatic rings. The second kappa shape index (κ2) is 13.0. The summed E-state index contributed by atoms with van der Waals surface area (Å²) in [4.78, 5) is 39.4. The van der Waals surface area contributed by atoms with E-state index in [-0.39, 0.29) is 6.10 Å². The van der Waals surface area contributed by atoms with Crippen molar-refractivity contribution in [1.82, 2.24) is 19.9 Å². The lowest BCUT2D eigenvalue weighted by Crippen LogP contribution is -2.33. The highest BCUT2D eigenvalue weighted by atomic mass is 19.4. The summed E-state index contributed by atoms with van der Waals surface area (Å²) < 4.78 is 74.7. The molecule has 0 radical (unpaired) electrons. The average molecular weight is 556 g/mol. The fourth-order valence-corrected chi connectivity index (χ4v) is 3.33. The zero-order valence-corrected chi connectivity index (χ0v) is 19.6. The number of hydrogen-bond acceptors (Lipinski definition) is 10. The summed E-state index contributed by atoms with van der Waals surface area (Å²) in [6, 6.07) is 3.70. The minimum atomic E-state index is -5.08. The number of carboxylic acids is 2. The summed E-state index contributed by atoms with van der Waals surface area (Å²) in [5, 5.41) is 14.2. The van der Waals surface area contributed by atoms with Crippen LogP contribution in [-0.4, -0.2) is 100 Å². The minimum absolute atomic E-state index is 0.194. The number of aliphatic carboxylic acids is 2. The van der Waals surface area contributed by atoms with Crippen molar-refractivity contribution in [1.29, 1.82) is 0 Å². The highest BCUT2D eigenvalue weighted by molar-refractivity contribution is 5.73. The number of anilines is 2. The van der Waals surface area contributed by atoms with Crippen molar-refractivity contribution in [3.63, 3.8) is 0 Å². The maximum absolute atomic E-state index is 10.6. The highest BCUT2D eigenvalue weighted by Gasteiger charge is 2.39. The molecule has 0 aliphatic carbocycles. The molecule has 0 spiro atoms. The normalized spacial score (nSPS) is 19.1. The van der Waals surface area contributed by atoms with Gasteiger partial charge in [-0.3, -0.25) is 0 Å². The van der Waals surface area contributed by atoms with Crippen molar-refractivity contribution in [3.05, 3.63) is 30.9 Å². The van der Waals surface area contributed by atoms with Crippen LogP contribution in [0.2, 0.25) is 0 Å². The summed E-state index contributed by atoms with van der Waals surface area (Å²) in [6.45, 7) is 4.09. The molecular formula is C20H22F6N6O6. The SMILES string of the molecule is COc1cc(N2C[C@@H]3CN(c4ncccn4)CCO[C@@H]3C2)ncn1.O=C(O)C(F)(F)F.O=C(O)C(F)(F)F. The monoisotopic (exact) mass is 556 g/mol. The lowest BCUT2D eigenvalue weighted by molar-refractivity contribution is -0.193. The maximum atomic E-state index is 10.6. The Balaban J connectivity index is 0.000000301. The molecule has 2 atom stereocenters. The van der Waals surface area contributed by atoms with Gasteiger partial charge in [0.1, 0.15) is 12.1 Å². The van der Waals surface area contributed by atoms with Gasteiger partial charge in [-0.15, -0.1) is 0 Å². The van der Waals surface area contributed by atoms with Crippen LogP contribution in [0.3, 0.4) is 0 Å². The number of carbonyl (C=O) groups is 2. The van der Waals surface area contributed by atoms with E-state index in [2.05, 4.69) is 29.7 Å². The predicted octanol–water partition coefficient (Wildman–Crippen LogP) is 1.88. The molecule has 0 unspecified atom stereocenters. The van der Waals surface area contributed by atoms with Crippen LogP contribution in [0.1, 0.15) is 0 Å². The quantitative estimate of drug-likeness (QED) is 0.531. The molecule has 4 heterocycles. The first-order chi connectivity index (χ1) is 17.7. The lowest BCUT2D eigenvalue weighted by Gasteiger charge is -2.23. The molecule has 18 heteroatoms. The van der Waals surface area contributed by atoms with Gasteiger partial charge in [-0.2, -0.15) is 26.3 Å². The molecule has 2 aliphatic heterocycles. The number of carboxylic acid groups (broad SMARTS) is 2. The Morgan fingerprint density at radius 2 is 1.50 bits per heavy atom. The van der Waals surface area contributed by atoms with Crippen molar-refractivity contribution < 1.29 is 55.6 Å². The Labute approximate surface area is 210 Å². The van der Waals surface area contributed by atoms with Crippen molar-refractivity contribution in [2.24, 2.45) is 5.92 Å². The number of ether oxygens (including phenoxy) is 2. The average Bonchev–Trinajstić information content (AvgIpc) is 3.15. The molecule has 4 rings (SSSR count). The van der Waals surface area contributed by atoms with E-state index in [0.29, 0.717) is 18.4 Å². The molecule has 2 N–H and O–H groups in total. The molecule has 0 aromatic carbocycles. The Morgan fingerprint density at radius 3 is 2.03 bits per heavy atom. The summed E-state index contributed by atoms with van der Waals surface area (Å²) in [5.74, 6) is -2.91. The summed E-state index contributed by atoms with van der Waals surface area (Å²) in [6.07, 6.45) is -4.88. The van der Waals surface area contributed by atoms with Gasteiger partial charge >= 0.3 is 24.3 Å². The largest absolute Gasteiger partial charge is 0.490 e. The first-order valence-corrected chi connectivity index (χ1v) is 10.6. The number of hydrogen-bond donors (Lipinski definition) is 2. The topological polar surface area (TPSA) is 151 Å². The van der Waals surface area contributed by atoms with Crippen molar-refractivity contribution in [3.8, 4) is 5.88 Å². The Hall–Kier alpha value is -3.96. The fourth-order valence-electron chi connectivity index (χ4n) is 3.33. The second-order valence-electron chi connectivity index (χ2n) is 7.59. The summed E-state index contributed by atoms with van der Waals surface area (Å²) in [7, 11) is 1.61. The molecule has 0 amide bonds. The Kier molecular flexibility index (Phi) is 10.4. The van der Waals surface area contributed by atoms with E-state index >= 15 is 0 Å². The van der Waals surface area contributed by atoms with Crippen LogP contribution < -0.4 is 14.5 Å². The van der Waals surface area contributed by atoms with E-state index in [0.717, 1.165) is 37.9 Å². The van der Waals surface area contributed by atoms with E-state index in [9.17, 15) is 26.3 Å². The van der Waals surface area contributed by atoms with Crippen LogP contribution in [0.4, 0.5) is 38.1 Å². The van der Waals surface area contributed by atoms with Crippen LogP contribution in [-0.2, 0) is 14.3 Å². The van der Waals surface area contributed by atoms with E-state index < -0.39 is 24.3 Å². The number of nitrogens with zero attached hydrogens (tertiary/aromatic N) is 6. The van der Waals surface area contributed by atoms with Crippen LogP contribution in [0.25, 0.3) is 0 Å². The third-order valence-corrected chi connectivity index (χ3v) is 5.01. The molecule has 2 fully saturated rings. The van der Waals surface area contributed by atoms with Gasteiger partial charge in [0.05, 0.1) is 19.8 Å². The summed E-state index contributed by atoms with van der Waals surface area (Å²) >= 11 is 0. The van der Waals surface area contributed by atoms with E-state index in [1.54, 1.807) is 19.5 Å². The number of methoxy groups -OCH3 is 1. The van der Waals surface area contributed by atoms with Gasteiger partial charge in [-0.25, -0.2) is 29.5 Å². The van der Waals surface area contributed by atoms with Gasteiger partial charge < -0.3 is 29.5 Å². The van der Waals surface area contributed by atoms with Gasteiger partial charge in [0.15, 0.2) is 0 Å². The zero-order chi connectivity index (χ0) is 28.5. The number of fused-ring (bicyclic) bond motifs is 1. The molecule has 2 saturated heterocycles. The van der Waals surface area contributed by atoms with Crippen LogP contribution in [0, 0.1) is 5.92 Å². The Bertz CT molecular complexity index is 1040. The highest BCUT2D eigenvalue weighted by Crippen LogP contribution is 2.29. The van der Waals surface area contributed by atoms with Crippen molar-refractivity contribution >= 4 is 23.7 Å². The molecule has 210 valence electrons. The van der Waals surface area contributed by atoms with Crippen molar-refractivity contribution in [2.75, 3.05) is 49.7 Å². The third-order valence-electron chi connectivity index (χ3n) is 5.01. The van der Waals surface area contributed by atoms with Crippen LogP contribution in [0.15, 0.2) is 30.9 Å². The minimum Gasteiger partial charge on any atom is -0.481 e. The number of alkyl halides is 6. The van der Waals surface area contributed by atoms with Crippen molar-refractivity contribution in [2.45, 2.75) is 18.5 Å². The van der Waals surface area contributed by atoms with Gasteiger partial charge in [-0.05, 0) is 6.07 Å². The molecule has 0 saturated carbocycles. The van der Waals surface area contributed by atoms with Gasteiger partial charge in [0.2, 0.25) is 11.8 Å². The van der Waals surface area contributed by atoms with Crippen LogP contribution in [0.5, 0.6) is 5.88 Å². The smallest absolute Gasteiger partial charge is 0.481 e. The molecular weight excluding hydrogens is 534 g/mol. The lowest BCUT2D eigenvalue weighted by atomic mass is 10.1. The molecule has 2 aromatic heterocycles. The predicted molar refractivity (Wildman–Crippen MR) is 116 cm³/mol.